The number of rotatable bonds is 4. The van der Waals surface area contributed by atoms with Gasteiger partial charge in [0.15, 0.2) is 0 Å². The Hall–Kier alpha value is -1.02. The van der Waals surface area contributed by atoms with E-state index in [1.54, 1.807) is 0 Å². The first kappa shape index (κ1) is 12.4. The molecule has 0 radical (unpaired) electrons. The van der Waals surface area contributed by atoms with Crippen LogP contribution >= 0.6 is 0 Å². The van der Waals surface area contributed by atoms with Crippen LogP contribution in [-0.2, 0) is 6.42 Å². The molecule has 1 fully saturated rings. The topological polar surface area (TPSA) is 23.5 Å². The number of hydrogen-bond donors (Lipinski definition) is 1. The van der Waals surface area contributed by atoms with Gasteiger partial charge in [0.25, 0.3) is 0 Å². The Morgan fingerprint density at radius 1 is 1.35 bits per heavy atom. The summed E-state index contributed by atoms with van der Waals surface area (Å²) in [4.78, 5) is 2.51. The highest BCUT2D eigenvalue weighted by molar-refractivity contribution is 5.42. The molecule has 94 valence electrons. The van der Waals surface area contributed by atoms with Gasteiger partial charge in [-0.3, -0.25) is 0 Å². The number of aromatic hydroxyl groups is 1. The summed E-state index contributed by atoms with van der Waals surface area (Å²) < 4.78 is 0. The molecule has 1 N–H and O–H groups in total. The Morgan fingerprint density at radius 2 is 2.18 bits per heavy atom. The zero-order valence-electron chi connectivity index (χ0n) is 10.9. The summed E-state index contributed by atoms with van der Waals surface area (Å²) in [5.41, 5.74) is 2.52. The van der Waals surface area contributed by atoms with Crippen molar-refractivity contribution in [2.45, 2.75) is 39.0 Å². The van der Waals surface area contributed by atoms with Crippen molar-refractivity contribution in [1.82, 2.24) is 4.90 Å². The molecule has 0 bridgehead atoms. The summed E-state index contributed by atoms with van der Waals surface area (Å²) in [5.74, 6) is 1.02. The molecule has 2 nitrogen and oxygen atoms in total. The third-order valence-corrected chi connectivity index (χ3v) is 3.77. The molecule has 1 saturated heterocycles. The summed E-state index contributed by atoms with van der Waals surface area (Å²) in [7, 11) is 0. The van der Waals surface area contributed by atoms with Crippen molar-refractivity contribution < 1.29 is 5.11 Å². The second-order valence-corrected chi connectivity index (χ2v) is 4.99. The van der Waals surface area contributed by atoms with Gasteiger partial charge in [0, 0.05) is 18.0 Å². The Balaban J connectivity index is 2.18. The molecule has 1 aromatic rings. The van der Waals surface area contributed by atoms with Gasteiger partial charge < -0.3 is 10.0 Å². The SMILES string of the molecule is CCCN1CC[C@@H](c2c(O)cccc2CC)C1. The maximum atomic E-state index is 10.1. The number of hydrogen-bond acceptors (Lipinski definition) is 2. The highest BCUT2D eigenvalue weighted by Gasteiger charge is 2.26. The van der Waals surface area contributed by atoms with Crippen molar-refractivity contribution in [2.24, 2.45) is 0 Å². The van der Waals surface area contributed by atoms with E-state index < -0.39 is 0 Å². The van der Waals surface area contributed by atoms with E-state index in [1.807, 2.05) is 12.1 Å². The van der Waals surface area contributed by atoms with Gasteiger partial charge in [-0.05, 0) is 44.0 Å². The van der Waals surface area contributed by atoms with E-state index in [-0.39, 0.29) is 0 Å². The van der Waals surface area contributed by atoms with Gasteiger partial charge >= 0.3 is 0 Å². The Labute approximate surface area is 104 Å². The van der Waals surface area contributed by atoms with Gasteiger partial charge in [-0.15, -0.1) is 0 Å². The molecule has 0 aliphatic carbocycles. The van der Waals surface area contributed by atoms with E-state index >= 15 is 0 Å². The molecule has 1 aromatic carbocycles. The molecule has 0 spiro atoms. The monoisotopic (exact) mass is 233 g/mol. The van der Waals surface area contributed by atoms with Gasteiger partial charge in [0.1, 0.15) is 5.75 Å². The van der Waals surface area contributed by atoms with E-state index in [9.17, 15) is 5.11 Å². The minimum absolute atomic E-state index is 0.493. The molecular weight excluding hydrogens is 210 g/mol. The number of phenolic OH excluding ortho intramolecular Hbond substituents is 1. The highest BCUT2D eigenvalue weighted by Crippen LogP contribution is 2.35. The molecule has 0 unspecified atom stereocenters. The molecule has 1 atom stereocenters. The van der Waals surface area contributed by atoms with Crippen LogP contribution in [0.1, 0.15) is 43.7 Å². The first-order valence-electron chi connectivity index (χ1n) is 6.79. The van der Waals surface area contributed by atoms with Crippen LogP contribution in [0, 0.1) is 0 Å². The Morgan fingerprint density at radius 3 is 2.88 bits per heavy atom. The van der Waals surface area contributed by atoms with Gasteiger partial charge in [-0.25, -0.2) is 0 Å². The second-order valence-electron chi connectivity index (χ2n) is 4.99. The first-order valence-corrected chi connectivity index (χ1v) is 6.79. The smallest absolute Gasteiger partial charge is 0.119 e. The van der Waals surface area contributed by atoms with Gasteiger partial charge in [0.2, 0.25) is 0 Å². The number of phenols is 1. The molecule has 0 aromatic heterocycles. The minimum atomic E-state index is 0.493. The largest absolute Gasteiger partial charge is 0.508 e. The normalized spacial score (nSPS) is 20.9. The fourth-order valence-corrected chi connectivity index (χ4v) is 2.97. The zero-order chi connectivity index (χ0) is 12.3. The van der Waals surface area contributed by atoms with Crippen molar-refractivity contribution >= 4 is 0 Å². The number of nitrogens with zero attached hydrogens (tertiary/aromatic N) is 1. The van der Waals surface area contributed by atoms with Crippen LogP contribution in [0.25, 0.3) is 0 Å². The van der Waals surface area contributed by atoms with Gasteiger partial charge in [0.05, 0.1) is 0 Å². The van der Waals surface area contributed by atoms with Crippen molar-refractivity contribution in [3.05, 3.63) is 29.3 Å². The Kier molecular flexibility index (Phi) is 4.06. The zero-order valence-corrected chi connectivity index (χ0v) is 10.9. The highest BCUT2D eigenvalue weighted by atomic mass is 16.3. The molecule has 0 saturated carbocycles. The summed E-state index contributed by atoms with van der Waals surface area (Å²) in [5, 5.41) is 10.1. The molecule has 2 heteroatoms. The van der Waals surface area contributed by atoms with Crippen LogP contribution < -0.4 is 0 Å². The first-order chi connectivity index (χ1) is 8.26. The average Bonchev–Trinajstić information content (AvgIpc) is 2.77. The minimum Gasteiger partial charge on any atom is -0.508 e. The lowest BCUT2D eigenvalue weighted by atomic mass is 9.91. The second kappa shape index (κ2) is 5.54. The third-order valence-electron chi connectivity index (χ3n) is 3.77. The lowest BCUT2D eigenvalue weighted by Gasteiger charge is -2.18. The fourth-order valence-electron chi connectivity index (χ4n) is 2.97. The van der Waals surface area contributed by atoms with E-state index in [0.29, 0.717) is 11.7 Å². The van der Waals surface area contributed by atoms with Crippen molar-refractivity contribution in [3.8, 4) is 5.75 Å². The summed E-state index contributed by atoms with van der Waals surface area (Å²) >= 11 is 0. The lowest BCUT2D eigenvalue weighted by molar-refractivity contribution is 0.334. The fraction of sp³-hybridized carbons (Fsp3) is 0.600. The van der Waals surface area contributed by atoms with Crippen LogP contribution in [-0.4, -0.2) is 29.6 Å². The summed E-state index contributed by atoms with van der Waals surface area (Å²) in [6.07, 6.45) is 3.41. The molecule has 0 amide bonds. The van der Waals surface area contributed by atoms with Crippen LogP contribution in [0.3, 0.4) is 0 Å². The maximum absolute atomic E-state index is 10.1. The molecule has 1 heterocycles. The van der Waals surface area contributed by atoms with Crippen molar-refractivity contribution in [3.63, 3.8) is 0 Å². The van der Waals surface area contributed by atoms with Crippen LogP contribution in [0.15, 0.2) is 18.2 Å². The standard InChI is InChI=1S/C15H23NO/c1-3-9-16-10-8-13(11-16)15-12(4-2)6-5-7-14(15)17/h5-7,13,17H,3-4,8-11H2,1-2H3/t13-/m1/s1. The van der Waals surface area contributed by atoms with E-state index in [1.165, 1.54) is 37.1 Å². The molecule has 1 aliphatic heterocycles. The van der Waals surface area contributed by atoms with Crippen LogP contribution in [0.5, 0.6) is 5.75 Å². The predicted molar refractivity (Wildman–Crippen MR) is 71.6 cm³/mol. The average molecular weight is 233 g/mol. The maximum Gasteiger partial charge on any atom is 0.119 e. The predicted octanol–water partition coefficient (Wildman–Crippen LogP) is 3.15. The molecule has 1 aliphatic rings. The number of benzene rings is 1. The van der Waals surface area contributed by atoms with Crippen molar-refractivity contribution in [2.75, 3.05) is 19.6 Å². The lowest BCUT2D eigenvalue weighted by Crippen LogP contribution is -2.21. The number of aryl methyl sites for hydroxylation is 1. The summed E-state index contributed by atoms with van der Waals surface area (Å²) in [6, 6.07) is 5.94. The van der Waals surface area contributed by atoms with E-state index in [0.717, 1.165) is 13.0 Å². The molecular formula is C15H23NO. The van der Waals surface area contributed by atoms with E-state index in [2.05, 4.69) is 24.8 Å². The molecule has 17 heavy (non-hydrogen) atoms. The van der Waals surface area contributed by atoms with Crippen LogP contribution in [0.2, 0.25) is 0 Å². The van der Waals surface area contributed by atoms with Crippen molar-refractivity contribution in [1.29, 1.82) is 0 Å². The van der Waals surface area contributed by atoms with E-state index in [4.69, 9.17) is 0 Å². The van der Waals surface area contributed by atoms with Gasteiger partial charge in [-0.2, -0.15) is 0 Å². The summed E-state index contributed by atoms with van der Waals surface area (Å²) in [6.45, 7) is 7.86. The number of likely N-dealkylation sites (tertiary alicyclic amines) is 1. The van der Waals surface area contributed by atoms with Gasteiger partial charge in [-0.1, -0.05) is 26.0 Å². The third kappa shape index (κ3) is 2.63. The Bertz CT molecular complexity index is 375. The molecule has 2 rings (SSSR count). The quantitative estimate of drug-likeness (QED) is 0.863. The van der Waals surface area contributed by atoms with Crippen LogP contribution in [0.4, 0.5) is 0 Å².